The number of carbonyl (C=O) groups excluding carboxylic acids is 3. The van der Waals surface area contributed by atoms with E-state index in [2.05, 4.69) is 16.0 Å². The summed E-state index contributed by atoms with van der Waals surface area (Å²) in [6.45, 7) is 9.28. The van der Waals surface area contributed by atoms with Crippen molar-refractivity contribution >= 4 is 23.4 Å². The Balaban J connectivity index is 1.96. The van der Waals surface area contributed by atoms with E-state index in [1.54, 1.807) is 12.1 Å². The lowest BCUT2D eigenvalue weighted by molar-refractivity contribution is -0.126. The maximum atomic E-state index is 12.6. The van der Waals surface area contributed by atoms with Crippen molar-refractivity contribution in [2.24, 2.45) is 5.92 Å². The number of aryl methyl sites for hydroxylation is 3. The highest BCUT2D eigenvalue weighted by atomic mass is 16.2. The van der Waals surface area contributed by atoms with E-state index < -0.39 is 11.9 Å². The molecule has 2 aromatic rings. The molecule has 2 aromatic carbocycles. The SMILES string of the molecule is Cc1ccc(C(=O)NC(C(=O)NCC(=O)Nc2c(C)cccc2C)C(C)C)cc1. The van der Waals surface area contributed by atoms with E-state index in [0.29, 0.717) is 5.56 Å². The molecule has 0 aliphatic rings. The third kappa shape index (κ3) is 6.17. The zero-order valence-corrected chi connectivity index (χ0v) is 17.6. The Morgan fingerprint density at radius 3 is 2.03 bits per heavy atom. The topological polar surface area (TPSA) is 87.3 Å². The van der Waals surface area contributed by atoms with Gasteiger partial charge in [-0.1, -0.05) is 49.7 Å². The molecular formula is C23H29N3O3. The molecule has 6 nitrogen and oxygen atoms in total. The Morgan fingerprint density at radius 1 is 0.897 bits per heavy atom. The van der Waals surface area contributed by atoms with Crippen LogP contribution in [0.5, 0.6) is 0 Å². The number of nitrogens with one attached hydrogen (secondary N) is 3. The first-order valence-electron chi connectivity index (χ1n) is 9.70. The van der Waals surface area contributed by atoms with Crippen molar-refractivity contribution in [1.82, 2.24) is 10.6 Å². The molecule has 0 aromatic heterocycles. The molecular weight excluding hydrogens is 366 g/mol. The van der Waals surface area contributed by atoms with Crippen LogP contribution in [0.4, 0.5) is 5.69 Å². The van der Waals surface area contributed by atoms with Crippen LogP contribution in [0.1, 0.15) is 40.9 Å². The molecule has 0 fully saturated rings. The van der Waals surface area contributed by atoms with Gasteiger partial charge in [-0.15, -0.1) is 0 Å². The van der Waals surface area contributed by atoms with Gasteiger partial charge >= 0.3 is 0 Å². The first-order valence-corrected chi connectivity index (χ1v) is 9.70. The Hall–Kier alpha value is -3.15. The number of rotatable bonds is 7. The van der Waals surface area contributed by atoms with Crippen molar-refractivity contribution in [3.05, 3.63) is 64.7 Å². The molecule has 0 bridgehead atoms. The number of amides is 3. The fraction of sp³-hybridized carbons (Fsp3) is 0.348. The first-order chi connectivity index (χ1) is 13.7. The van der Waals surface area contributed by atoms with Crippen molar-refractivity contribution in [3.63, 3.8) is 0 Å². The van der Waals surface area contributed by atoms with Gasteiger partial charge in [-0.25, -0.2) is 0 Å². The molecule has 6 heteroatoms. The van der Waals surface area contributed by atoms with Crippen molar-refractivity contribution in [1.29, 1.82) is 0 Å². The molecule has 0 spiro atoms. The second-order valence-corrected chi connectivity index (χ2v) is 7.59. The largest absolute Gasteiger partial charge is 0.345 e. The third-order valence-electron chi connectivity index (χ3n) is 4.72. The fourth-order valence-corrected chi connectivity index (χ4v) is 2.94. The molecule has 0 saturated carbocycles. The summed E-state index contributed by atoms with van der Waals surface area (Å²) in [4.78, 5) is 37.3. The molecule has 0 saturated heterocycles. The summed E-state index contributed by atoms with van der Waals surface area (Å²) in [6.07, 6.45) is 0. The molecule has 0 aliphatic carbocycles. The number of anilines is 1. The maximum absolute atomic E-state index is 12.6. The predicted molar refractivity (Wildman–Crippen MR) is 115 cm³/mol. The van der Waals surface area contributed by atoms with E-state index >= 15 is 0 Å². The summed E-state index contributed by atoms with van der Waals surface area (Å²) >= 11 is 0. The van der Waals surface area contributed by atoms with Gasteiger partial charge in [-0.05, 0) is 49.9 Å². The average Bonchev–Trinajstić information content (AvgIpc) is 2.67. The zero-order valence-electron chi connectivity index (χ0n) is 17.6. The molecule has 1 atom stereocenters. The van der Waals surface area contributed by atoms with Gasteiger partial charge in [0.2, 0.25) is 11.8 Å². The monoisotopic (exact) mass is 395 g/mol. The van der Waals surface area contributed by atoms with Crippen LogP contribution >= 0.6 is 0 Å². The lowest BCUT2D eigenvalue weighted by Crippen LogP contribution is -2.51. The van der Waals surface area contributed by atoms with Crippen LogP contribution in [-0.2, 0) is 9.59 Å². The molecule has 0 heterocycles. The van der Waals surface area contributed by atoms with Gasteiger partial charge < -0.3 is 16.0 Å². The van der Waals surface area contributed by atoms with Gasteiger partial charge in [0.05, 0.1) is 6.54 Å². The summed E-state index contributed by atoms with van der Waals surface area (Å²) in [7, 11) is 0. The van der Waals surface area contributed by atoms with Gasteiger partial charge in [0.1, 0.15) is 6.04 Å². The molecule has 1 unspecified atom stereocenters. The van der Waals surface area contributed by atoms with E-state index in [4.69, 9.17) is 0 Å². The third-order valence-corrected chi connectivity index (χ3v) is 4.72. The van der Waals surface area contributed by atoms with Crippen LogP contribution in [0.25, 0.3) is 0 Å². The Labute approximate surface area is 172 Å². The highest BCUT2D eigenvalue weighted by molar-refractivity contribution is 5.99. The number of carbonyl (C=O) groups is 3. The highest BCUT2D eigenvalue weighted by Crippen LogP contribution is 2.19. The lowest BCUT2D eigenvalue weighted by Gasteiger charge is -2.22. The number of benzene rings is 2. The van der Waals surface area contributed by atoms with Gasteiger partial charge in [0.15, 0.2) is 0 Å². The molecule has 2 rings (SSSR count). The number of para-hydroxylation sites is 1. The van der Waals surface area contributed by atoms with Crippen molar-refractivity contribution < 1.29 is 14.4 Å². The Morgan fingerprint density at radius 2 is 1.48 bits per heavy atom. The Bertz CT molecular complexity index is 868. The van der Waals surface area contributed by atoms with E-state index in [0.717, 1.165) is 22.4 Å². The smallest absolute Gasteiger partial charge is 0.251 e. The van der Waals surface area contributed by atoms with Gasteiger partial charge in [0, 0.05) is 11.3 Å². The zero-order chi connectivity index (χ0) is 21.6. The molecule has 29 heavy (non-hydrogen) atoms. The maximum Gasteiger partial charge on any atom is 0.251 e. The van der Waals surface area contributed by atoms with Crippen LogP contribution in [0, 0.1) is 26.7 Å². The van der Waals surface area contributed by atoms with E-state index in [1.807, 2.05) is 65.0 Å². The predicted octanol–water partition coefficient (Wildman–Crippen LogP) is 3.12. The van der Waals surface area contributed by atoms with Gasteiger partial charge in [-0.2, -0.15) is 0 Å². The van der Waals surface area contributed by atoms with Gasteiger partial charge in [0.25, 0.3) is 5.91 Å². The van der Waals surface area contributed by atoms with Crippen LogP contribution < -0.4 is 16.0 Å². The first kappa shape index (κ1) is 22.1. The van der Waals surface area contributed by atoms with Crippen molar-refractivity contribution in [3.8, 4) is 0 Å². The quantitative estimate of drug-likeness (QED) is 0.673. The van der Waals surface area contributed by atoms with E-state index in [9.17, 15) is 14.4 Å². The van der Waals surface area contributed by atoms with Crippen LogP contribution in [0.15, 0.2) is 42.5 Å². The Kier molecular flexibility index (Phi) is 7.53. The van der Waals surface area contributed by atoms with Crippen molar-refractivity contribution in [2.75, 3.05) is 11.9 Å². The highest BCUT2D eigenvalue weighted by Gasteiger charge is 2.25. The fourth-order valence-electron chi connectivity index (χ4n) is 2.94. The van der Waals surface area contributed by atoms with E-state index in [1.165, 1.54) is 0 Å². The van der Waals surface area contributed by atoms with Crippen molar-refractivity contribution in [2.45, 2.75) is 40.7 Å². The van der Waals surface area contributed by atoms with Crippen LogP contribution in [0.3, 0.4) is 0 Å². The molecule has 0 radical (unpaired) electrons. The molecule has 3 N–H and O–H groups in total. The standard InChI is InChI=1S/C23H29N3O3/c1-14(2)20(26-22(28)18-11-9-15(3)10-12-18)23(29)24-13-19(27)25-21-16(4)7-6-8-17(21)5/h6-12,14,20H,13H2,1-5H3,(H,24,29)(H,25,27)(H,26,28). The average molecular weight is 396 g/mol. The summed E-state index contributed by atoms with van der Waals surface area (Å²) in [6, 6.07) is 12.1. The lowest BCUT2D eigenvalue weighted by atomic mass is 10.0. The summed E-state index contributed by atoms with van der Waals surface area (Å²) in [5, 5.41) is 8.22. The number of hydrogen-bond donors (Lipinski definition) is 3. The minimum absolute atomic E-state index is 0.133. The normalized spacial score (nSPS) is 11.7. The summed E-state index contributed by atoms with van der Waals surface area (Å²) in [5.41, 5.74) is 4.20. The van der Waals surface area contributed by atoms with Crippen LogP contribution in [0.2, 0.25) is 0 Å². The second-order valence-electron chi connectivity index (χ2n) is 7.59. The number of hydrogen-bond acceptors (Lipinski definition) is 3. The molecule has 3 amide bonds. The minimum atomic E-state index is -0.739. The summed E-state index contributed by atoms with van der Waals surface area (Å²) < 4.78 is 0. The minimum Gasteiger partial charge on any atom is -0.345 e. The van der Waals surface area contributed by atoms with Crippen LogP contribution in [-0.4, -0.2) is 30.3 Å². The molecule has 154 valence electrons. The molecule has 0 aliphatic heterocycles. The second kappa shape index (κ2) is 9.87. The van der Waals surface area contributed by atoms with Gasteiger partial charge in [-0.3, -0.25) is 14.4 Å². The van der Waals surface area contributed by atoms with E-state index in [-0.39, 0.29) is 24.3 Å². The summed E-state index contributed by atoms with van der Waals surface area (Å²) in [5.74, 6) is -1.16.